The number of nitrogens with one attached hydrogen (secondary N) is 2. The molecule has 0 bridgehead atoms. The third-order valence-corrected chi connectivity index (χ3v) is 3.82. The lowest BCUT2D eigenvalue weighted by Crippen LogP contribution is -2.36. The third-order valence-electron chi connectivity index (χ3n) is 3.82. The quantitative estimate of drug-likeness (QED) is 0.755. The number of hydrogen-bond donors (Lipinski definition) is 2. The molecule has 1 aliphatic rings. The van der Waals surface area contributed by atoms with E-state index in [1.165, 1.54) is 0 Å². The molecule has 6 heteroatoms. The van der Waals surface area contributed by atoms with Crippen LogP contribution in [0.2, 0.25) is 0 Å². The number of carbonyl (C=O) groups is 2. The Bertz CT molecular complexity index is 574. The lowest BCUT2D eigenvalue weighted by molar-refractivity contribution is -0.136. The fraction of sp³-hybridized carbons (Fsp3) is 0.529. The van der Waals surface area contributed by atoms with Crippen LogP contribution in [0.25, 0.3) is 0 Å². The lowest BCUT2D eigenvalue weighted by atomic mass is 10.2. The van der Waals surface area contributed by atoms with Gasteiger partial charge in [-0.2, -0.15) is 0 Å². The molecule has 2 rings (SSSR count). The molecular weight excluding hydrogens is 296 g/mol. The molecule has 0 unspecified atom stereocenters. The number of amides is 2. The van der Waals surface area contributed by atoms with Gasteiger partial charge in [-0.05, 0) is 44.2 Å². The summed E-state index contributed by atoms with van der Waals surface area (Å²) >= 11 is 0. The minimum Gasteiger partial charge on any atom is -0.494 e. The van der Waals surface area contributed by atoms with Gasteiger partial charge in [0.1, 0.15) is 11.5 Å². The second-order valence-corrected chi connectivity index (χ2v) is 5.66. The van der Waals surface area contributed by atoms with Crippen molar-refractivity contribution in [2.45, 2.75) is 27.2 Å². The molecule has 0 saturated heterocycles. The summed E-state index contributed by atoms with van der Waals surface area (Å²) in [4.78, 5) is 23.9. The Balaban J connectivity index is 1.99. The van der Waals surface area contributed by atoms with Crippen LogP contribution in [0.1, 0.15) is 27.2 Å². The first-order valence-electron chi connectivity index (χ1n) is 8.04. The van der Waals surface area contributed by atoms with Crippen LogP contribution in [0.4, 0.5) is 5.69 Å². The van der Waals surface area contributed by atoms with Crippen LogP contribution in [-0.2, 0) is 9.59 Å². The second-order valence-electron chi connectivity index (χ2n) is 5.66. The van der Waals surface area contributed by atoms with Crippen molar-refractivity contribution >= 4 is 17.5 Å². The van der Waals surface area contributed by atoms with E-state index < -0.39 is 11.8 Å². The molecule has 2 atom stereocenters. The normalized spacial score (nSPS) is 18.9. The molecule has 0 aliphatic heterocycles. The van der Waals surface area contributed by atoms with Crippen LogP contribution >= 0.6 is 0 Å². The van der Waals surface area contributed by atoms with E-state index in [0.717, 1.165) is 6.42 Å². The molecule has 126 valence electrons. The second kappa shape index (κ2) is 7.85. The maximum Gasteiger partial charge on any atom is 0.313 e. The van der Waals surface area contributed by atoms with E-state index in [9.17, 15) is 9.59 Å². The highest BCUT2D eigenvalue weighted by molar-refractivity contribution is 6.39. The first-order chi connectivity index (χ1) is 11.0. The minimum atomic E-state index is -0.701. The zero-order chi connectivity index (χ0) is 16.8. The monoisotopic (exact) mass is 320 g/mol. The van der Waals surface area contributed by atoms with Crippen molar-refractivity contribution < 1.29 is 19.1 Å². The molecule has 0 heterocycles. The van der Waals surface area contributed by atoms with Gasteiger partial charge in [0.25, 0.3) is 0 Å². The van der Waals surface area contributed by atoms with Gasteiger partial charge >= 0.3 is 11.8 Å². The number of carbonyl (C=O) groups excluding carboxylic acids is 2. The fourth-order valence-electron chi connectivity index (χ4n) is 2.31. The summed E-state index contributed by atoms with van der Waals surface area (Å²) in [5.41, 5.74) is 0.428. The largest absolute Gasteiger partial charge is 0.494 e. The highest BCUT2D eigenvalue weighted by Crippen LogP contribution is 2.36. The number of hydrogen-bond acceptors (Lipinski definition) is 4. The van der Waals surface area contributed by atoms with Crippen molar-refractivity contribution in [3.63, 3.8) is 0 Å². The van der Waals surface area contributed by atoms with E-state index in [2.05, 4.69) is 17.6 Å². The Morgan fingerprint density at radius 1 is 1.17 bits per heavy atom. The molecule has 0 spiro atoms. The minimum absolute atomic E-state index is 0.428. The molecule has 1 aromatic rings. The summed E-state index contributed by atoms with van der Waals surface area (Å²) in [6, 6.07) is 5.13. The van der Waals surface area contributed by atoms with E-state index in [0.29, 0.717) is 48.8 Å². The zero-order valence-electron chi connectivity index (χ0n) is 13.8. The van der Waals surface area contributed by atoms with Gasteiger partial charge in [-0.25, -0.2) is 0 Å². The molecule has 1 saturated carbocycles. The van der Waals surface area contributed by atoms with Crippen molar-refractivity contribution in [1.29, 1.82) is 0 Å². The average molecular weight is 320 g/mol. The molecule has 2 N–H and O–H groups in total. The molecule has 0 aromatic heterocycles. The van der Waals surface area contributed by atoms with E-state index in [4.69, 9.17) is 9.47 Å². The Morgan fingerprint density at radius 2 is 1.87 bits per heavy atom. The predicted octanol–water partition coefficient (Wildman–Crippen LogP) is 2.19. The maximum absolute atomic E-state index is 12.0. The SMILES string of the molecule is CCOc1ccc(OCC)c(NC(=O)C(=O)NC[C@@H]2C[C@H]2C)c1. The van der Waals surface area contributed by atoms with Crippen LogP contribution in [0.15, 0.2) is 18.2 Å². The van der Waals surface area contributed by atoms with Crippen molar-refractivity contribution in [3.8, 4) is 11.5 Å². The van der Waals surface area contributed by atoms with Crippen molar-refractivity contribution in [3.05, 3.63) is 18.2 Å². The summed E-state index contributed by atoms with van der Waals surface area (Å²) in [6.45, 7) is 7.38. The number of rotatable bonds is 7. The molecule has 23 heavy (non-hydrogen) atoms. The molecule has 6 nitrogen and oxygen atoms in total. The zero-order valence-corrected chi connectivity index (χ0v) is 13.8. The van der Waals surface area contributed by atoms with E-state index in [-0.39, 0.29) is 0 Å². The van der Waals surface area contributed by atoms with Gasteiger partial charge in [-0.15, -0.1) is 0 Å². The van der Waals surface area contributed by atoms with Crippen LogP contribution in [0.5, 0.6) is 11.5 Å². The van der Waals surface area contributed by atoms with Crippen LogP contribution < -0.4 is 20.1 Å². The van der Waals surface area contributed by atoms with Crippen molar-refractivity contribution in [2.75, 3.05) is 25.1 Å². The molecule has 1 aliphatic carbocycles. The predicted molar refractivity (Wildman–Crippen MR) is 87.7 cm³/mol. The summed E-state index contributed by atoms with van der Waals surface area (Å²) in [7, 11) is 0. The Labute approximate surface area is 136 Å². The van der Waals surface area contributed by atoms with E-state index in [1.54, 1.807) is 18.2 Å². The molecular formula is C17H24N2O4. The lowest BCUT2D eigenvalue weighted by Gasteiger charge is -2.13. The van der Waals surface area contributed by atoms with Crippen molar-refractivity contribution in [2.24, 2.45) is 11.8 Å². The number of ether oxygens (including phenoxy) is 2. The maximum atomic E-state index is 12.0. The first kappa shape index (κ1) is 17.1. The Morgan fingerprint density at radius 3 is 2.48 bits per heavy atom. The number of benzene rings is 1. The highest BCUT2D eigenvalue weighted by Gasteiger charge is 2.33. The van der Waals surface area contributed by atoms with Crippen molar-refractivity contribution in [1.82, 2.24) is 5.32 Å². The van der Waals surface area contributed by atoms with Gasteiger partial charge in [-0.3, -0.25) is 9.59 Å². The fourth-order valence-corrected chi connectivity index (χ4v) is 2.31. The Kier molecular flexibility index (Phi) is 5.84. The van der Waals surface area contributed by atoms with E-state index in [1.807, 2.05) is 13.8 Å². The highest BCUT2D eigenvalue weighted by atomic mass is 16.5. The summed E-state index contributed by atoms with van der Waals surface area (Å²) in [6.07, 6.45) is 1.10. The smallest absolute Gasteiger partial charge is 0.313 e. The third kappa shape index (κ3) is 4.87. The summed E-state index contributed by atoms with van der Waals surface area (Å²) < 4.78 is 10.9. The summed E-state index contributed by atoms with van der Waals surface area (Å²) in [5, 5.41) is 5.26. The van der Waals surface area contributed by atoms with Gasteiger partial charge in [0, 0.05) is 12.6 Å². The molecule has 1 aromatic carbocycles. The molecule has 0 radical (unpaired) electrons. The van der Waals surface area contributed by atoms with Crippen LogP contribution in [-0.4, -0.2) is 31.6 Å². The van der Waals surface area contributed by atoms with Gasteiger partial charge in [0.15, 0.2) is 0 Å². The summed E-state index contributed by atoms with van der Waals surface area (Å²) in [5.74, 6) is 0.908. The van der Waals surface area contributed by atoms with Crippen LogP contribution in [0, 0.1) is 11.8 Å². The average Bonchev–Trinajstić information content (AvgIpc) is 3.23. The first-order valence-corrected chi connectivity index (χ1v) is 8.04. The van der Waals surface area contributed by atoms with Gasteiger partial charge in [0.05, 0.1) is 18.9 Å². The topological polar surface area (TPSA) is 76.7 Å². The molecule has 2 amide bonds. The van der Waals surface area contributed by atoms with Gasteiger partial charge in [-0.1, -0.05) is 6.92 Å². The Hall–Kier alpha value is -2.24. The molecule has 1 fully saturated rings. The van der Waals surface area contributed by atoms with Crippen LogP contribution in [0.3, 0.4) is 0 Å². The van der Waals surface area contributed by atoms with Gasteiger partial charge in [0.2, 0.25) is 0 Å². The standard InChI is InChI=1S/C17H24N2O4/c1-4-22-13-6-7-15(23-5-2)14(9-13)19-17(21)16(20)18-10-12-8-11(12)3/h6-7,9,11-12H,4-5,8,10H2,1-3H3,(H,18,20)(H,19,21)/t11-,12+/m1/s1. The van der Waals surface area contributed by atoms with E-state index >= 15 is 0 Å². The van der Waals surface area contributed by atoms with Gasteiger partial charge < -0.3 is 20.1 Å². The number of anilines is 1.